The van der Waals surface area contributed by atoms with E-state index in [1.807, 2.05) is 0 Å². The van der Waals surface area contributed by atoms with E-state index in [4.69, 9.17) is 0 Å². The quantitative estimate of drug-likeness (QED) is 0.148. The number of fused-ring (bicyclic) bond motifs is 10. The normalized spacial score (nSPS) is 13.3. The lowest BCUT2D eigenvalue weighted by molar-refractivity contribution is 0.590. The predicted molar refractivity (Wildman–Crippen MR) is 400 cm³/mol. The third-order valence-corrected chi connectivity index (χ3v) is 20.1. The molecule has 0 atom stereocenters. The molecule has 0 amide bonds. The first-order valence-corrected chi connectivity index (χ1v) is 33.3. The molecule has 0 bridgehead atoms. The van der Waals surface area contributed by atoms with Gasteiger partial charge in [0.25, 0.3) is 6.71 Å². The van der Waals surface area contributed by atoms with Crippen molar-refractivity contribution in [2.24, 2.45) is 0 Å². The summed E-state index contributed by atoms with van der Waals surface area (Å²) in [7, 11) is 0. The fraction of sp³-hybridized carbons (Fsp3) is 0.182. The van der Waals surface area contributed by atoms with Crippen molar-refractivity contribution >= 4 is 101 Å². The van der Waals surface area contributed by atoms with Crippen LogP contribution >= 0.6 is 0 Å². The van der Waals surface area contributed by atoms with Gasteiger partial charge in [-0.1, -0.05) is 253 Å². The first-order valence-electron chi connectivity index (χ1n) is 33.3. The summed E-state index contributed by atoms with van der Waals surface area (Å²) in [6, 6.07) is 99.7. The molecule has 5 heteroatoms. The van der Waals surface area contributed by atoms with Crippen LogP contribution in [0.3, 0.4) is 0 Å². The average Bonchev–Trinajstić information content (AvgIpc) is 0.711. The maximum absolute atomic E-state index is 2.59. The molecule has 0 fully saturated rings. The first-order chi connectivity index (χ1) is 44.6. The monoisotopic (exact) mass is 1200 g/mol. The van der Waals surface area contributed by atoms with Crippen molar-refractivity contribution in [3.8, 4) is 44.8 Å². The van der Waals surface area contributed by atoms with Gasteiger partial charge in [-0.2, -0.15) is 0 Å². The summed E-state index contributed by atoms with van der Waals surface area (Å²) in [5.74, 6) is 0. The Morgan fingerprint density at radius 3 is 0.946 bits per heavy atom. The van der Waals surface area contributed by atoms with Crippen molar-refractivity contribution in [2.75, 3.05) is 9.80 Å². The van der Waals surface area contributed by atoms with Crippen molar-refractivity contribution in [3.05, 3.63) is 283 Å². The summed E-state index contributed by atoms with van der Waals surface area (Å²) in [6.07, 6.45) is 0. The molecule has 2 aliphatic heterocycles. The van der Waals surface area contributed by atoms with Crippen LogP contribution in [0.15, 0.2) is 261 Å². The first kappa shape index (κ1) is 58.0. The molecule has 2 aromatic heterocycles. The minimum Gasteiger partial charge on any atom is -0.311 e. The molecule has 0 N–H and O–H groups in total. The molecule has 2 aliphatic rings. The Balaban J connectivity index is 1.01. The molecule has 4 heterocycles. The van der Waals surface area contributed by atoms with Crippen LogP contribution in [-0.2, 0) is 21.7 Å². The molecule has 0 saturated heterocycles. The van der Waals surface area contributed by atoms with E-state index in [2.05, 4.69) is 363 Å². The third kappa shape index (κ3) is 9.72. The van der Waals surface area contributed by atoms with E-state index in [1.165, 1.54) is 105 Å². The molecule has 0 radical (unpaired) electrons. The SMILES string of the molecule is CC(C)(C)c1ccc2c(c1)c1ccc(C(C)(C)C)cc1n2-c1ccc2c(c1)N(c1ccc(-c3ccccc3)cc1)c1cc(-c3ccccc3)cc3c1B2c1ccc(-n2c4cc(C(C)(C)C)ccc4c4ccc(C(C)(C)C)cc42)cc1N3c1ccc(-c2ccccc2)cc1. The van der Waals surface area contributed by atoms with Crippen molar-refractivity contribution in [3.63, 3.8) is 0 Å². The molecule has 12 aromatic carbocycles. The zero-order valence-corrected chi connectivity index (χ0v) is 55.7. The highest BCUT2D eigenvalue weighted by atomic mass is 15.2. The minimum atomic E-state index is -0.147. The number of hydrogen-bond acceptors (Lipinski definition) is 2. The number of nitrogens with zero attached hydrogens (tertiary/aromatic N) is 4. The average molecular weight is 1200 g/mol. The zero-order valence-electron chi connectivity index (χ0n) is 55.7. The fourth-order valence-electron chi connectivity index (χ4n) is 14.9. The molecular weight excluding hydrogens is 1120 g/mol. The van der Waals surface area contributed by atoms with E-state index in [9.17, 15) is 0 Å². The standard InChI is InChI=1S/C88H79BN4/c1-85(2,3)62-35-47-76-73(50-62)72-44-34-65(88(10,11)12)53-79(72)92(76)68-40-45-74-80(54-68)90(66-36-28-59(29-37-66)56-22-16-13-17-23-56)82-48-61(58-26-20-15-21-27-58)49-83-84(82)89(74)75-46-41-69(55-81(75)91(83)67-38-30-60(31-39-67)57-24-18-14-19-25-57)93-77-51-63(86(4,5)6)32-42-70(77)71-43-33-64(52-78(71)93)87(7,8)9/h13-55H,1-12H3. The lowest BCUT2D eigenvalue weighted by atomic mass is 9.33. The van der Waals surface area contributed by atoms with Gasteiger partial charge in [-0.15, -0.1) is 0 Å². The van der Waals surface area contributed by atoms with Gasteiger partial charge < -0.3 is 18.9 Å². The number of rotatable bonds is 7. The number of benzene rings is 12. The van der Waals surface area contributed by atoms with Gasteiger partial charge in [-0.3, -0.25) is 0 Å². The molecule has 0 aliphatic carbocycles. The lowest BCUT2D eigenvalue weighted by Crippen LogP contribution is -2.61. The van der Waals surface area contributed by atoms with Crippen molar-refractivity contribution in [1.29, 1.82) is 0 Å². The Bertz CT molecular complexity index is 5200. The minimum absolute atomic E-state index is 0.0194. The molecule has 0 unspecified atom stereocenters. The Kier molecular flexibility index (Phi) is 13.2. The van der Waals surface area contributed by atoms with E-state index >= 15 is 0 Å². The smallest absolute Gasteiger partial charge is 0.252 e. The summed E-state index contributed by atoms with van der Waals surface area (Å²) in [4.78, 5) is 5.19. The third-order valence-electron chi connectivity index (χ3n) is 20.1. The van der Waals surface area contributed by atoms with E-state index in [1.54, 1.807) is 0 Å². The topological polar surface area (TPSA) is 16.3 Å². The Morgan fingerprint density at radius 2 is 0.559 bits per heavy atom. The second-order valence-corrected chi connectivity index (χ2v) is 30.3. The van der Waals surface area contributed by atoms with E-state index in [-0.39, 0.29) is 28.4 Å². The van der Waals surface area contributed by atoms with Crippen LogP contribution in [0.5, 0.6) is 0 Å². The lowest BCUT2D eigenvalue weighted by Gasteiger charge is -2.44. The Labute approximate surface area is 549 Å². The van der Waals surface area contributed by atoms with E-state index in [0.717, 1.165) is 56.6 Å². The summed E-state index contributed by atoms with van der Waals surface area (Å²) >= 11 is 0. The molecule has 454 valence electrons. The van der Waals surface area contributed by atoms with Gasteiger partial charge in [0.05, 0.1) is 22.1 Å². The fourth-order valence-corrected chi connectivity index (χ4v) is 14.9. The van der Waals surface area contributed by atoms with Crippen molar-refractivity contribution in [2.45, 2.75) is 105 Å². The van der Waals surface area contributed by atoms with Crippen LogP contribution in [-0.4, -0.2) is 15.8 Å². The van der Waals surface area contributed by atoms with Gasteiger partial charge >= 0.3 is 0 Å². The number of anilines is 6. The van der Waals surface area contributed by atoms with Gasteiger partial charge in [-0.05, 0) is 185 Å². The molecule has 0 saturated carbocycles. The number of aromatic nitrogens is 2. The highest BCUT2D eigenvalue weighted by Crippen LogP contribution is 2.49. The van der Waals surface area contributed by atoms with Crippen LogP contribution in [0.4, 0.5) is 34.1 Å². The summed E-state index contributed by atoms with van der Waals surface area (Å²) in [6.45, 7) is 27.8. The van der Waals surface area contributed by atoms with E-state index < -0.39 is 0 Å². The van der Waals surface area contributed by atoms with Crippen LogP contribution < -0.4 is 26.2 Å². The van der Waals surface area contributed by atoms with Gasteiger partial charge in [0.15, 0.2) is 0 Å². The summed E-state index contributed by atoms with van der Waals surface area (Å²) < 4.78 is 5.12. The molecule has 14 aromatic rings. The maximum atomic E-state index is 2.59. The van der Waals surface area contributed by atoms with Gasteiger partial charge in [0, 0.05) is 67.0 Å². The molecule has 0 spiro atoms. The van der Waals surface area contributed by atoms with Crippen molar-refractivity contribution < 1.29 is 0 Å². The Hall–Kier alpha value is -10.1. The summed E-state index contributed by atoms with van der Waals surface area (Å²) in [5.41, 5.74) is 29.9. The van der Waals surface area contributed by atoms with Gasteiger partial charge in [0.2, 0.25) is 0 Å². The van der Waals surface area contributed by atoms with Gasteiger partial charge in [0.1, 0.15) is 0 Å². The van der Waals surface area contributed by atoms with Crippen LogP contribution in [0.25, 0.3) is 88.4 Å². The van der Waals surface area contributed by atoms with Crippen LogP contribution in [0.2, 0.25) is 0 Å². The van der Waals surface area contributed by atoms with E-state index in [0.29, 0.717) is 0 Å². The second-order valence-electron chi connectivity index (χ2n) is 30.3. The zero-order chi connectivity index (χ0) is 64.0. The molecule has 93 heavy (non-hydrogen) atoms. The molecule has 16 rings (SSSR count). The highest BCUT2D eigenvalue weighted by Gasteiger charge is 2.44. The van der Waals surface area contributed by atoms with Crippen LogP contribution in [0, 0.1) is 0 Å². The maximum Gasteiger partial charge on any atom is 0.252 e. The highest BCUT2D eigenvalue weighted by molar-refractivity contribution is 7.00. The van der Waals surface area contributed by atoms with Gasteiger partial charge in [-0.25, -0.2) is 0 Å². The number of hydrogen-bond donors (Lipinski definition) is 0. The van der Waals surface area contributed by atoms with Crippen LogP contribution in [0.1, 0.15) is 105 Å². The summed E-state index contributed by atoms with van der Waals surface area (Å²) in [5, 5.41) is 5.05. The second kappa shape index (κ2) is 21.2. The Morgan fingerprint density at radius 1 is 0.237 bits per heavy atom. The molecular formula is C88H79BN4. The van der Waals surface area contributed by atoms with Crippen molar-refractivity contribution in [1.82, 2.24) is 9.13 Å². The predicted octanol–water partition coefficient (Wildman–Crippen LogP) is 22.2. The largest absolute Gasteiger partial charge is 0.311 e. The molecule has 4 nitrogen and oxygen atoms in total.